The molecule has 1 aliphatic rings. The van der Waals surface area contributed by atoms with Gasteiger partial charge in [-0.3, -0.25) is 4.79 Å². The average Bonchev–Trinajstić information content (AvgIpc) is 2.98. The fourth-order valence-electron chi connectivity index (χ4n) is 2.91. The number of likely N-dealkylation sites (N-methyl/N-ethyl adjacent to an activating group) is 1. The summed E-state index contributed by atoms with van der Waals surface area (Å²) in [5, 5.41) is 1.95. The van der Waals surface area contributed by atoms with E-state index in [9.17, 15) is 4.79 Å². The van der Waals surface area contributed by atoms with Crippen LogP contribution in [0.15, 0.2) is 35.7 Å². The number of benzene rings is 1. The van der Waals surface area contributed by atoms with Gasteiger partial charge in [-0.1, -0.05) is 23.8 Å². The average molecular weight is 330 g/mol. The highest BCUT2D eigenvalue weighted by Crippen LogP contribution is 2.28. The third-order valence-electron chi connectivity index (χ3n) is 4.00. The molecule has 1 aliphatic heterocycles. The second-order valence-electron chi connectivity index (χ2n) is 6.25. The van der Waals surface area contributed by atoms with Gasteiger partial charge in [-0.2, -0.15) is 0 Å². The number of fused-ring (bicyclic) bond motifs is 1. The summed E-state index contributed by atoms with van der Waals surface area (Å²) in [6.45, 7) is 3.95. The zero-order chi connectivity index (χ0) is 16.4. The molecule has 3 rings (SSSR count). The van der Waals surface area contributed by atoms with Crippen molar-refractivity contribution < 1.29 is 9.53 Å². The molecule has 0 aliphatic carbocycles. The predicted octanol–water partition coefficient (Wildman–Crippen LogP) is 3.02. The second kappa shape index (κ2) is 6.72. The molecular weight excluding hydrogens is 308 g/mol. The zero-order valence-corrected chi connectivity index (χ0v) is 14.6. The summed E-state index contributed by atoms with van der Waals surface area (Å²) in [5.41, 5.74) is 2.26. The highest BCUT2D eigenvalue weighted by Gasteiger charge is 2.30. The van der Waals surface area contributed by atoms with Gasteiger partial charge in [0.2, 0.25) is 0 Å². The SMILES string of the molecule is Cc1ccc2c(c1)CN(C(=O)c1cccs1)C(CN(C)C)CO2. The highest BCUT2D eigenvalue weighted by molar-refractivity contribution is 7.12. The number of ether oxygens (including phenoxy) is 1. The Morgan fingerprint density at radius 1 is 1.39 bits per heavy atom. The second-order valence-corrected chi connectivity index (χ2v) is 7.20. The molecule has 122 valence electrons. The van der Waals surface area contributed by atoms with Crippen molar-refractivity contribution in [3.05, 3.63) is 51.7 Å². The van der Waals surface area contributed by atoms with E-state index < -0.39 is 0 Å². The van der Waals surface area contributed by atoms with Crippen LogP contribution in [0.4, 0.5) is 0 Å². The maximum absolute atomic E-state index is 13.0. The summed E-state index contributed by atoms with van der Waals surface area (Å²) >= 11 is 1.49. The van der Waals surface area contributed by atoms with Crippen LogP contribution < -0.4 is 4.74 Å². The quantitative estimate of drug-likeness (QED) is 0.867. The number of nitrogens with zero attached hydrogens (tertiary/aromatic N) is 2. The Morgan fingerprint density at radius 3 is 2.91 bits per heavy atom. The minimum atomic E-state index is 0.0345. The van der Waals surface area contributed by atoms with Crippen LogP contribution in [0.25, 0.3) is 0 Å². The van der Waals surface area contributed by atoms with Gasteiger partial charge in [0.05, 0.1) is 17.5 Å². The number of hydrogen-bond donors (Lipinski definition) is 0. The molecule has 0 bridgehead atoms. The number of carbonyl (C=O) groups excluding carboxylic acids is 1. The molecule has 0 fully saturated rings. The normalized spacial score (nSPS) is 17.6. The summed E-state index contributed by atoms with van der Waals surface area (Å²) in [6, 6.07) is 10.0. The van der Waals surface area contributed by atoms with Gasteiger partial charge in [0, 0.05) is 12.1 Å². The van der Waals surface area contributed by atoms with Crippen molar-refractivity contribution in [2.24, 2.45) is 0 Å². The first kappa shape index (κ1) is 16.0. The van der Waals surface area contributed by atoms with Crippen molar-refractivity contribution in [2.75, 3.05) is 27.2 Å². The predicted molar refractivity (Wildman–Crippen MR) is 93.2 cm³/mol. The van der Waals surface area contributed by atoms with E-state index >= 15 is 0 Å². The first-order valence-corrected chi connectivity index (χ1v) is 8.64. The Labute approximate surface area is 141 Å². The molecule has 1 amide bonds. The van der Waals surface area contributed by atoms with Gasteiger partial charge in [-0.05, 0) is 38.5 Å². The van der Waals surface area contributed by atoms with E-state index in [1.807, 2.05) is 42.6 Å². The molecule has 2 aromatic rings. The lowest BCUT2D eigenvalue weighted by molar-refractivity contribution is 0.0588. The van der Waals surface area contributed by atoms with Crippen molar-refractivity contribution in [2.45, 2.75) is 19.5 Å². The van der Waals surface area contributed by atoms with Crippen LogP contribution in [0, 0.1) is 6.92 Å². The van der Waals surface area contributed by atoms with Gasteiger partial charge in [-0.25, -0.2) is 0 Å². The van der Waals surface area contributed by atoms with Crippen molar-refractivity contribution in [3.8, 4) is 5.75 Å². The van der Waals surface area contributed by atoms with Gasteiger partial charge >= 0.3 is 0 Å². The van der Waals surface area contributed by atoms with E-state index in [0.717, 1.165) is 22.7 Å². The van der Waals surface area contributed by atoms with Gasteiger partial charge in [-0.15, -0.1) is 11.3 Å². The molecule has 4 nitrogen and oxygen atoms in total. The molecule has 0 saturated heterocycles. The Kier molecular flexibility index (Phi) is 4.68. The summed E-state index contributed by atoms with van der Waals surface area (Å²) in [5.74, 6) is 0.977. The minimum Gasteiger partial charge on any atom is -0.491 e. The zero-order valence-electron chi connectivity index (χ0n) is 13.8. The molecule has 0 spiro atoms. The molecular formula is C18H22N2O2S. The van der Waals surface area contributed by atoms with Crippen molar-refractivity contribution in [1.29, 1.82) is 0 Å². The number of rotatable bonds is 3. The van der Waals surface area contributed by atoms with E-state index in [-0.39, 0.29) is 11.9 Å². The molecule has 2 heterocycles. The van der Waals surface area contributed by atoms with Crippen molar-refractivity contribution in [1.82, 2.24) is 9.80 Å². The molecule has 23 heavy (non-hydrogen) atoms. The summed E-state index contributed by atoms with van der Waals surface area (Å²) in [4.78, 5) is 17.8. The van der Waals surface area contributed by atoms with Crippen LogP contribution in [0.2, 0.25) is 0 Å². The first-order valence-electron chi connectivity index (χ1n) is 7.76. The third kappa shape index (κ3) is 3.57. The highest BCUT2D eigenvalue weighted by atomic mass is 32.1. The van der Waals surface area contributed by atoms with Crippen LogP contribution in [0.5, 0.6) is 5.75 Å². The third-order valence-corrected chi connectivity index (χ3v) is 4.86. The van der Waals surface area contributed by atoms with Crippen LogP contribution in [-0.4, -0.2) is 49.0 Å². The largest absolute Gasteiger partial charge is 0.491 e. The first-order chi connectivity index (χ1) is 11.0. The molecule has 0 saturated carbocycles. The number of thiophene rings is 1. The molecule has 0 N–H and O–H groups in total. The maximum atomic E-state index is 13.0. The Hall–Kier alpha value is -1.85. The van der Waals surface area contributed by atoms with Crippen LogP contribution >= 0.6 is 11.3 Å². The smallest absolute Gasteiger partial charge is 0.264 e. The van der Waals surface area contributed by atoms with Gasteiger partial charge in [0.25, 0.3) is 5.91 Å². The standard InChI is InChI=1S/C18H22N2O2S/c1-13-6-7-16-14(9-13)10-20(15(12-22-16)11-19(2)3)18(21)17-5-4-8-23-17/h4-9,15H,10-12H2,1-3H3. The van der Waals surface area contributed by atoms with Gasteiger partial charge < -0.3 is 14.5 Å². The van der Waals surface area contributed by atoms with Crippen LogP contribution in [0.1, 0.15) is 20.8 Å². The van der Waals surface area contributed by atoms with E-state index in [1.165, 1.54) is 16.9 Å². The van der Waals surface area contributed by atoms with Crippen LogP contribution in [0.3, 0.4) is 0 Å². The molecule has 1 atom stereocenters. The number of amides is 1. The summed E-state index contributed by atoms with van der Waals surface area (Å²) in [7, 11) is 4.05. The lowest BCUT2D eigenvalue weighted by Gasteiger charge is -2.31. The van der Waals surface area contributed by atoms with Gasteiger partial charge in [0.1, 0.15) is 12.4 Å². The number of carbonyl (C=O) groups is 1. The lowest BCUT2D eigenvalue weighted by atomic mass is 10.1. The van der Waals surface area contributed by atoms with Crippen molar-refractivity contribution in [3.63, 3.8) is 0 Å². The van der Waals surface area contributed by atoms with Crippen LogP contribution in [-0.2, 0) is 6.54 Å². The fourth-order valence-corrected chi connectivity index (χ4v) is 3.59. The maximum Gasteiger partial charge on any atom is 0.264 e. The monoisotopic (exact) mass is 330 g/mol. The molecule has 1 unspecified atom stereocenters. The Morgan fingerprint density at radius 2 is 2.22 bits per heavy atom. The minimum absolute atomic E-state index is 0.0345. The number of hydrogen-bond acceptors (Lipinski definition) is 4. The summed E-state index contributed by atoms with van der Waals surface area (Å²) in [6.07, 6.45) is 0. The van der Waals surface area contributed by atoms with E-state index in [2.05, 4.69) is 24.0 Å². The Balaban J connectivity index is 1.94. The lowest BCUT2D eigenvalue weighted by Crippen LogP contribution is -2.47. The van der Waals surface area contributed by atoms with Gasteiger partial charge in [0.15, 0.2) is 0 Å². The molecule has 1 aromatic carbocycles. The topological polar surface area (TPSA) is 32.8 Å². The van der Waals surface area contributed by atoms with Crippen molar-refractivity contribution >= 4 is 17.2 Å². The van der Waals surface area contributed by atoms with E-state index in [1.54, 1.807) is 0 Å². The molecule has 0 radical (unpaired) electrons. The molecule has 5 heteroatoms. The Bertz CT molecular complexity index is 682. The fraction of sp³-hybridized carbons (Fsp3) is 0.389. The summed E-state index contributed by atoms with van der Waals surface area (Å²) < 4.78 is 6.00. The van der Waals surface area contributed by atoms with E-state index in [0.29, 0.717) is 13.2 Å². The van der Waals surface area contributed by atoms with E-state index in [4.69, 9.17) is 4.74 Å². The molecule has 1 aromatic heterocycles. The number of aryl methyl sites for hydroxylation is 1.